The van der Waals surface area contributed by atoms with Crippen molar-refractivity contribution >= 4 is 0 Å². The SMILES string of the molecule is COc1ccc(CN2C(c3ccc(-c4c[nH]c(-c5cnn(C)c5)c4)cn3)[C@](C)(N)[C@@H]3NC[C@@H]32)cn1. The summed E-state index contributed by atoms with van der Waals surface area (Å²) in [6, 6.07) is 10.9. The zero-order valence-electron chi connectivity index (χ0n) is 20.1. The first-order valence-electron chi connectivity index (χ1n) is 11.8. The lowest BCUT2D eigenvalue weighted by Crippen LogP contribution is -2.67. The van der Waals surface area contributed by atoms with E-state index in [9.17, 15) is 0 Å². The van der Waals surface area contributed by atoms with Gasteiger partial charge < -0.3 is 20.8 Å². The number of nitrogens with zero attached hydrogens (tertiary/aromatic N) is 5. The Morgan fingerprint density at radius 2 is 2.00 bits per heavy atom. The number of hydrogen-bond acceptors (Lipinski definition) is 7. The summed E-state index contributed by atoms with van der Waals surface area (Å²) >= 11 is 0. The molecule has 9 heteroatoms. The summed E-state index contributed by atoms with van der Waals surface area (Å²) in [7, 11) is 3.55. The van der Waals surface area contributed by atoms with Gasteiger partial charge in [-0.3, -0.25) is 14.6 Å². The molecule has 9 nitrogen and oxygen atoms in total. The minimum absolute atomic E-state index is 0.0131. The first kappa shape index (κ1) is 22.0. The fourth-order valence-electron chi connectivity index (χ4n) is 5.56. The van der Waals surface area contributed by atoms with Gasteiger partial charge in [0.25, 0.3) is 0 Å². The highest BCUT2D eigenvalue weighted by atomic mass is 16.5. The molecule has 0 aromatic carbocycles. The summed E-state index contributed by atoms with van der Waals surface area (Å²) < 4.78 is 7.02. The highest BCUT2D eigenvalue weighted by Gasteiger charge is 2.59. The van der Waals surface area contributed by atoms with Crippen LogP contribution in [0.25, 0.3) is 22.4 Å². The molecule has 1 unspecified atom stereocenters. The maximum Gasteiger partial charge on any atom is 0.212 e. The molecule has 0 bridgehead atoms. The van der Waals surface area contributed by atoms with E-state index in [0.717, 1.165) is 46.7 Å². The Morgan fingerprint density at radius 3 is 2.63 bits per heavy atom. The van der Waals surface area contributed by atoms with Gasteiger partial charge in [0, 0.05) is 85.5 Å². The Balaban J connectivity index is 1.27. The Labute approximate surface area is 204 Å². The molecule has 0 saturated carbocycles. The molecule has 2 aliphatic heterocycles. The Hall–Kier alpha value is -3.53. The number of rotatable bonds is 6. The van der Waals surface area contributed by atoms with Crippen LogP contribution < -0.4 is 15.8 Å². The van der Waals surface area contributed by atoms with Crippen molar-refractivity contribution in [1.29, 1.82) is 0 Å². The standard InChI is InChI=1S/C26H30N8O/c1-26(27)24-22(13-31-24)34(14-16-4-7-23(35-3)30-9-16)25(26)20-6-5-17(10-28-20)18-8-21(29-11-18)19-12-32-33(2)15-19/h4-12,15,22,24-25,29,31H,13-14,27H2,1-3H3/t22-,24+,25?,26+/m0/s1. The van der Waals surface area contributed by atoms with Crippen LogP contribution in [0, 0.1) is 0 Å². The minimum Gasteiger partial charge on any atom is -0.481 e. The van der Waals surface area contributed by atoms with Crippen molar-refractivity contribution in [1.82, 2.24) is 34.9 Å². The van der Waals surface area contributed by atoms with Crippen LogP contribution in [0.2, 0.25) is 0 Å². The first-order chi connectivity index (χ1) is 16.9. The average molecular weight is 471 g/mol. The van der Waals surface area contributed by atoms with Gasteiger partial charge in [0.05, 0.1) is 30.6 Å². The number of hydrogen-bond donors (Lipinski definition) is 3. The molecule has 0 amide bonds. The number of ether oxygens (including phenoxy) is 1. The predicted molar refractivity (Wildman–Crippen MR) is 133 cm³/mol. The van der Waals surface area contributed by atoms with Crippen LogP contribution in [0.4, 0.5) is 0 Å². The molecule has 4 atom stereocenters. The monoisotopic (exact) mass is 470 g/mol. The molecule has 0 aliphatic carbocycles. The molecule has 6 heterocycles. The molecule has 6 rings (SSSR count). The van der Waals surface area contributed by atoms with Crippen LogP contribution in [-0.2, 0) is 13.6 Å². The zero-order chi connectivity index (χ0) is 24.2. The number of likely N-dealkylation sites (tertiary alicyclic amines) is 1. The molecular weight excluding hydrogens is 440 g/mol. The van der Waals surface area contributed by atoms with Crippen LogP contribution in [0.15, 0.2) is 61.3 Å². The molecule has 35 heavy (non-hydrogen) atoms. The zero-order valence-corrected chi connectivity index (χ0v) is 20.1. The fourth-order valence-corrected chi connectivity index (χ4v) is 5.56. The fraction of sp³-hybridized carbons (Fsp3) is 0.346. The molecule has 2 saturated heterocycles. The minimum atomic E-state index is -0.446. The van der Waals surface area contributed by atoms with E-state index in [2.05, 4.69) is 56.5 Å². The van der Waals surface area contributed by atoms with E-state index in [0.29, 0.717) is 11.9 Å². The van der Waals surface area contributed by atoms with Crippen molar-refractivity contribution in [2.45, 2.75) is 37.1 Å². The highest BCUT2D eigenvalue weighted by Crippen LogP contribution is 2.45. The number of nitrogens with one attached hydrogen (secondary N) is 2. The van der Waals surface area contributed by atoms with Gasteiger partial charge in [0.2, 0.25) is 5.88 Å². The third-order valence-corrected chi connectivity index (χ3v) is 7.42. The summed E-state index contributed by atoms with van der Waals surface area (Å²) in [5.41, 5.74) is 12.9. The van der Waals surface area contributed by atoms with E-state index in [-0.39, 0.29) is 12.1 Å². The van der Waals surface area contributed by atoms with Crippen LogP contribution in [0.5, 0.6) is 5.88 Å². The number of aryl methyl sites for hydroxylation is 1. The number of fused-ring (bicyclic) bond motifs is 1. The molecule has 4 aromatic rings. The number of aromatic nitrogens is 5. The topological polar surface area (TPSA) is 110 Å². The second-order valence-corrected chi connectivity index (χ2v) is 9.78. The van der Waals surface area contributed by atoms with E-state index in [1.807, 2.05) is 44.1 Å². The van der Waals surface area contributed by atoms with E-state index in [4.69, 9.17) is 15.5 Å². The lowest BCUT2D eigenvalue weighted by Gasteiger charge is -2.40. The Bertz CT molecular complexity index is 1320. The molecule has 0 radical (unpaired) electrons. The maximum atomic E-state index is 6.96. The lowest BCUT2D eigenvalue weighted by atomic mass is 9.82. The van der Waals surface area contributed by atoms with E-state index in [1.54, 1.807) is 11.8 Å². The maximum absolute atomic E-state index is 6.96. The third kappa shape index (κ3) is 3.72. The predicted octanol–water partition coefficient (Wildman–Crippen LogP) is 2.50. The molecule has 4 aromatic heterocycles. The van der Waals surface area contributed by atoms with Crippen LogP contribution >= 0.6 is 0 Å². The summed E-state index contributed by atoms with van der Waals surface area (Å²) in [6.07, 6.45) is 9.69. The van der Waals surface area contributed by atoms with Crippen molar-refractivity contribution in [3.05, 3.63) is 72.6 Å². The van der Waals surface area contributed by atoms with Gasteiger partial charge >= 0.3 is 0 Å². The van der Waals surface area contributed by atoms with Crippen molar-refractivity contribution in [2.75, 3.05) is 13.7 Å². The van der Waals surface area contributed by atoms with Crippen molar-refractivity contribution < 1.29 is 4.74 Å². The van der Waals surface area contributed by atoms with Crippen molar-refractivity contribution in [3.63, 3.8) is 0 Å². The summed E-state index contributed by atoms with van der Waals surface area (Å²) in [4.78, 5) is 15.1. The second-order valence-electron chi connectivity index (χ2n) is 9.78. The number of pyridine rings is 2. The summed E-state index contributed by atoms with van der Waals surface area (Å²) in [6.45, 7) is 3.82. The molecular formula is C26H30N8O. The van der Waals surface area contributed by atoms with Crippen molar-refractivity contribution in [3.8, 4) is 28.3 Å². The Kier molecular flexibility index (Phi) is 5.21. The van der Waals surface area contributed by atoms with Gasteiger partial charge in [-0.05, 0) is 24.6 Å². The molecule has 0 spiro atoms. The molecule has 2 aliphatic rings. The van der Waals surface area contributed by atoms with Crippen molar-refractivity contribution in [2.24, 2.45) is 12.8 Å². The Morgan fingerprint density at radius 1 is 1.11 bits per heavy atom. The molecule has 4 N–H and O–H groups in total. The number of aromatic amines is 1. The third-order valence-electron chi connectivity index (χ3n) is 7.42. The largest absolute Gasteiger partial charge is 0.481 e. The smallest absolute Gasteiger partial charge is 0.212 e. The van der Waals surface area contributed by atoms with Crippen LogP contribution in [-0.4, -0.2) is 60.9 Å². The number of nitrogens with two attached hydrogens (primary N) is 1. The summed E-state index contributed by atoms with van der Waals surface area (Å²) in [5.74, 6) is 0.618. The van der Waals surface area contributed by atoms with Gasteiger partial charge in [-0.1, -0.05) is 12.1 Å². The normalized spacial score (nSPS) is 25.9. The first-order valence-corrected chi connectivity index (χ1v) is 11.8. The second kappa shape index (κ2) is 8.30. The average Bonchev–Trinajstić information content (AvgIpc) is 3.51. The van der Waals surface area contributed by atoms with Crippen LogP contribution in [0.3, 0.4) is 0 Å². The number of H-pyrrole nitrogens is 1. The highest BCUT2D eigenvalue weighted by molar-refractivity contribution is 5.70. The van der Waals surface area contributed by atoms with Gasteiger partial charge in [0.15, 0.2) is 0 Å². The van der Waals surface area contributed by atoms with Gasteiger partial charge in [0.1, 0.15) is 0 Å². The quantitative estimate of drug-likeness (QED) is 0.397. The van der Waals surface area contributed by atoms with Gasteiger partial charge in [-0.2, -0.15) is 5.10 Å². The van der Waals surface area contributed by atoms with E-state index >= 15 is 0 Å². The summed E-state index contributed by atoms with van der Waals surface area (Å²) in [5, 5.41) is 7.81. The van der Waals surface area contributed by atoms with Gasteiger partial charge in [-0.25, -0.2) is 4.98 Å². The van der Waals surface area contributed by atoms with E-state index in [1.165, 1.54) is 0 Å². The molecule has 2 fully saturated rings. The van der Waals surface area contributed by atoms with Gasteiger partial charge in [-0.15, -0.1) is 0 Å². The van der Waals surface area contributed by atoms with Crippen LogP contribution in [0.1, 0.15) is 24.2 Å². The van der Waals surface area contributed by atoms with E-state index < -0.39 is 5.54 Å². The number of methoxy groups -OCH3 is 1. The lowest BCUT2D eigenvalue weighted by molar-refractivity contribution is 0.134. The molecule has 180 valence electrons.